The van der Waals surface area contributed by atoms with Crippen LogP contribution in [0.1, 0.15) is 58.4 Å². The highest BCUT2D eigenvalue weighted by Gasteiger charge is 2.78. The number of benzene rings is 1. The Kier molecular flexibility index (Phi) is 7.01. The average molecular weight is 472 g/mol. The molecule has 186 valence electrons. The number of unbranched alkanes of at least 4 members (excludes halogenated alkanes) is 1. The average Bonchev–Trinajstić information content (AvgIpc) is 3.40. The molecule has 0 aromatic heterocycles. The highest BCUT2D eigenvalue weighted by Crippen LogP contribution is 2.63. The minimum atomic E-state index is -1.06. The standard InChI is InChI=1S/C26H37N3O5/c1-4-6-14-27-23(32)21-26-13-12-25(3,34-26)19(20(26)24(33)29(21)18(5-2)16-30)22(31)28-15-17-10-8-7-9-11-17/h7-11,18-21,30H,4-6,12-16H2,1-3H3,(H,27,32)(H,28,31)/t18-,19-,20-,21?,25+,26?/m0/s1. The molecule has 8 nitrogen and oxygen atoms in total. The zero-order valence-electron chi connectivity index (χ0n) is 20.4. The number of amides is 3. The molecule has 3 fully saturated rings. The fraction of sp³-hybridized carbons (Fsp3) is 0.654. The maximum atomic E-state index is 13.9. The van der Waals surface area contributed by atoms with Gasteiger partial charge in [0, 0.05) is 13.1 Å². The van der Waals surface area contributed by atoms with E-state index in [1.54, 1.807) is 0 Å². The van der Waals surface area contributed by atoms with Crippen molar-refractivity contribution in [3.8, 4) is 0 Å². The normalized spacial score (nSPS) is 32.5. The van der Waals surface area contributed by atoms with Crippen LogP contribution in [-0.4, -0.2) is 64.2 Å². The lowest BCUT2D eigenvalue weighted by atomic mass is 9.66. The predicted octanol–water partition coefficient (Wildman–Crippen LogP) is 1.75. The van der Waals surface area contributed by atoms with Crippen molar-refractivity contribution < 1.29 is 24.2 Å². The Labute approximate surface area is 201 Å². The van der Waals surface area contributed by atoms with Crippen LogP contribution in [0.4, 0.5) is 0 Å². The number of hydrogen-bond acceptors (Lipinski definition) is 5. The van der Waals surface area contributed by atoms with E-state index in [9.17, 15) is 19.5 Å². The highest BCUT2D eigenvalue weighted by atomic mass is 16.5. The minimum Gasteiger partial charge on any atom is -0.394 e. The fourth-order valence-electron chi connectivity index (χ4n) is 6.25. The predicted molar refractivity (Wildman–Crippen MR) is 126 cm³/mol. The lowest BCUT2D eigenvalue weighted by molar-refractivity contribution is -0.149. The monoisotopic (exact) mass is 471 g/mol. The van der Waals surface area contributed by atoms with Crippen LogP contribution in [0.3, 0.4) is 0 Å². The summed E-state index contributed by atoms with van der Waals surface area (Å²) in [6, 6.07) is 8.27. The van der Waals surface area contributed by atoms with E-state index in [-0.39, 0.29) is 24.3 Å². The van der Waals surface area contributed by atoms with Gasteiger partial charge >= 0.3 is 0 Å². The molecule has 34 heavy (non-hydrogen) atoms. The van der Waals surface area contributed by atoms with Crippen molar-refractivity contribution in [2.24, 2.45) is 11.8 Å². The van der Waals surface area contributed by atoms with Crippen molar-refractivity contribution in [2.75, 3.05) is 13.2 Å². The summed E-state index contributed by atoms with van der Waals surface area (Å²) in [6.07, 6.45) is 3.41. The molecule has 2 unspecified atom stereocenters. The van der Waals surface area contributed by atoms with Gasteiger partial charge in [-0.2, -0.15) is 0 Å². The van der Waals surface area contributed by atoms with Gasteiger partial charge in [0.1, 0.15) is 11.6 Å². The van der Waals surface area contributed by atoms with E-state index in [1.165, 1.54) is 4.90 Å². The van der Waals surface area contributed by atoms with Gasteiger partial charge in [0.05, 0.1) is 30.1 Å². The third kappa shape index (κ3) is 3.90. The number of carbonyl (C=O) groups excluding carboxylic acids is 3. The van der Waals surface area contributed by atoms with Gasteiger partial charge in [0.15, 0.2) is 0 Å². The number of rotatable bonds is 10. The first kappa shape index (κ1) is 24.7. The number of aliphatic hydroxyl groups excluding tert-OH is 1. The summed E-state index contributed by atoms with van der Waals surface area (Å²) in [7, 11) is 0. The van der Waals surface area contributed by atoms with Gasteiger partial charge in [-0.05, 0) is 38.2 Å². The Hall–Kier alpha value is -2.45. The van der Waals surface area contributed by atoms with Gasteiger partial charge in [0.2, 0.25) is 17.7 Å². The molecule has 1 aromatic carbocycles. The van der Waals surface area contributed by atoms with Gasteiger partial charge in [-0.3, -0.25) is 14.4 Å². The van der Waals surface area contributed by atoms with Crippen molar-refractivity contribution in [3.63, 3.8) is 0 Å². The maximum absolute atomic E-state index is 13.9. The summed E-state index contributed by atoms with van der Waals surface area (Å²) in [5.41, 5.74) is -0.895. The molecular weight excluding hydrogens is 434 g/mol. The Morgan fingerprint density at radius 2 is 1.91 bits per heavy atom. The summed E-state index contributed by atoms with van der Waals surface area (Å²) < 4.78 is 6.57. The Balaban J connectivity index is 1.65. The number of fused-ring (bicyclic) bond motifs is 1. The van der Waals surface area contributed by atoms with Crippen LogP contribution in [0.2, 0.25) is 0 Å². The molecule has 3 amide bonds. The topological polar surface area (TPSA) is 108 Å². The number of aliphatic hydroxyl groups is 1. The van der Waals surface area contributed by atoms with Gasteiger partial charge in [0.25, 0.3) is 0 Å². The van der Waals surface area contributed by atoms with Gasteiger partial charge in [-0.25, -0.2) is 0 Å². The highest BCUT2D eigenvalue weighted by molar-refractivity contribution is 5.99. The second kappa shape index (κ2) is 9.66. The maximum Gasteiger partial charge on any atom is 0.245 e. The number of likely N-dealkylation sites (tertiary alicyclic amines) is 1. The van der Waals surface area contributed by atoms with Crippen LogP contribution in [0.5, 0.6) is 0 Å². The van der Waals surface area contributed by atoms with E-state index in [2.05, 4.69) is 10.6 Å². The Bertz CT molecular complexity index is 920. The first-order valence-electron chi connectivity index (χ1n) is 12.6. The first-order valence-corrected chi connectivity index (χ1v) is 12.6. The summed E-state index contributed by atoms with van der Waals surface area (Å²) >= 11 is 0. The number of nitrogens with zero attached hydrogens (tertiary/aromatic N) is 1. The Morgan fingerprint density at radius 3 is 2.56 bits per heavy atom. The second-order valence-corrected chi connectivity index (χ2v) is 10.1. The van der Waals surface area contributed by atoms with E-state index in [0.29, 0.717) is 32.4 Å². The molecule has 0 aliphatic carbocycles. The lowest BCUT2D eigenvalue weighted by Crippen LogP contribution is -2.58. The van der Waals surface area contributed by atoms with Crippen molar-refractivity contribution in [1.82, 2.24) is 15.5 Å². The van der Waals surface area contributed by atoms with E-state index in [1.807, 2.05) is 51.1 Å². The molecule has 8 heteroatoms. The molecule has 4 rings (SSSR count). The lowest BCUT2D eigenvalue weighted by Gasteiger charge is -2.36. The molecule has 1 aromatic rings. The summed E-state index contributed by atoms with van der Waals surface area (Å²) in [4.78, 5) is 42.4. The van der Waals surface area contributed by atoms with Crippen molar-refractivity contribution >= 4 is 17.7 Å². The molecular formula is C26H37N3O5. The molecule has 0 radical (unpaired) electrons. The minimum absolute atomic E-state index is 0.227. The van der Waals surface area contributed by atoms with Crippen LogP contribution in [0.15, 0.2) is 30.3 Å². The van der Waals surface area contributed by atoms with Gasteiger partial charge < -0.3 is 25.4 Å². The Morgan fingerprint density at radius 1 is 1.18 bits per heavy atom. The molecule has 3 aliphatic heterocycles. The van der Waals surface area contributed by atoms with Crippen molar-refractivity contribution in [1.29, 1.82) is 0 Å². The SMILES string of the molecule is CCCCNC(=O)C1N([C@@H](CC)CO)C(=O)[C@@H]2[C@@H](C(=O)NCc3ccccc3)[C@@]3(C)CCC12O3. The molecule has 3 aliphatic rings. The zero-order chi connectivity index (χ0) is 24.5. The van der Waals surface area contributed by atoms with E-state index in [4.69, 9.17) is 4.74 Å². The van der Waals surface area contributed by atoms with E-state index in [0.717, 1.165) is 18.4 Å². The van der Waals surface area contributed by atoms with E-state index >= 15 is 0 Å². The van der Waals surface area contributed by atoms with Crippen LogP contribution in [-0.2, 0) is 25.7 Å². The molecule has 0 saturated carbocycles. The smallest absolute Gasteiger partial charge is 0.245 e. The quantitative estimate of drug-likeness (QED) is 0.451. The molecule has 3 heterocycles. The third-order valence-electron chi connectivity index (χ3n) is 7.96. The van der Waals surface area contributed by atoms with Crippen LogP contribution in [0.25, 0.3) is 0 Å². The number of carbonyl (C=O) groups is 3. The van der Waals surface area contributed by atoms with Crippen LogP contribution >= 0.6 is 0 Å². The summed E-state index contributed by atoms with van der Waals surface area (Å²) in [5.74, 6) is -2.19. The van der Waals surface area contributed by atoms with Crippen molar-refractivity contribution in [3.05, 3.63) is 35.9 Å². The largest absolute Gasteiger partial charge is 0.394 e. The number of ether oxygens (including phenoxy) is 1. The van der Waals surface area contributed by atoms with Crippen LogP contribution < -0.4 is 10.6 Å². The number of nitrogens with one attached hydrogen (secondary N) is 2. The first-order chi connectivity index (χ1) is 16.3. The molecule has 2 bridgehead atoms. The van der Waals surface area contributed by atoms with Crippen LogP contribution in [0, 0.1) is 11.8 Å². The second-order valence-electron chi connectivity index (χ2n) is 10.1. The van der Waals surface area contributed by atoms with E-state index < -0.39 is 35.1 Å². The third-order valence-corrected chi connectivity index (χ3v) is 7.96. The van der Waals surface area contributed by atoms with Crippen molar-refractivity contribution in [2.45, 2.75) is 82.7 Å². The summed E-state index contributed by atoms with van der Waals surface area (Å²) in [6.45, 7) is 6.45. The van der Waals surface area contributed by atoms with Gasteiger partial charge in [-0.1, -0.05) is 50.6 Å². The zero-order valence-corrected chi connectivity index (χ0v) is 20.4. The molecule has 6 atom stereocenters. The molecule has 3 saturated heterocycles. The fourth-order valence-corrected chi connectivity index (χ4v) is 6.25. The van der Waals surface area contributed by atoms with Gasteiger partial charge in [-0.15, -0.1) is 0 Å². The molecule has 3 N–H and O–H groups in total. The summed E-state index contributed by atoms with van der Waals surface area (Å²) in [5, 5.41) is 16.0. The molecule has 1 spiro atoms. The number of hydrogen-bond donors (Lipinski definition) is 3.